The number of aryl methyl sites for hydroxylation is 1. The molecule has 0 bridgehead atoms. The molecule has 0 aliphatic carbocycles. The second-order valence-corrected chi connectivity index (χ2v) is 9.32. The van der Waals surface area contributed by atoms with Crippen molar-refractivity contribution in [3.8, 4) is 27.7 Å². The zero-order valence-electron chi connectivity index (χ0n) is 17.9. The average molecular weight is 480 g/mol. The number of rotatable bonds is 4. The van der Waals surface area contributed by atoms with Crippen molar-refractivity contribution in [3.05, 3.63) is 82.1 Å². The van der Waals surface area contributed by atoms with Crippen LogP contribution in [0.3, 0.4) is 0 Å². The minimum absolute atomic E-state index is 0.00370. The Morgan fingerprint density at radius 2 is 2.03 bits per heavy atom. The van der Waals surface area contributed by atoms with E-state index in [2.05, 4.69) is 4.98 Å². The summed E-state index contributed by atoms with van der Waals surface area (Å²) in [4.78, 5) is 24.8. The Morgan fingerprint density at radius 1 is 1.18 bits per heavy atom. The fraction of sp³-hybridized carbons (Fsp3) is 0.160. The summed E-state index contributed by atoms with van der Waals surface area (Å²) in [5.74, 6) is -0.165. The third-order valence-electron chi connectivity index (χ3n) is 5.50. The Balaban J connectivity index is 1.57. The minimum atomic E-state index is -0.689. The molecule has 0 fully saturated rings. The van der Waals surface area contributed by atoms with Gasteiger partial charge in [0.2, 0.25) is 0 Å². The Morgan fingerprint density at radius 3 is 2.79 bits per heavy atom. The van der Waals surface area contributed by atoms with Crippen molar-refractivity contribution in [2.24, 2.45) is 0 Å². The van der Waals surface area contributed by atoms with E-state index in [4.69, 9.17) is 21.3 Å². The summed E-state index contributed by atoms with van der Waals surface area (Å²) in [6.07, 6.45) is 1.05. The van der Waals surface area contributed by atoms with Crippen LogP contribution in [0.1, 0.15) is 17.4 Å². The predicted molar refractivity (Wildman–Crippen MR) is 128 cm³/mol. The van der Waals surface area contributed by atoms with Gasteiger partial charge in [-0.3, -0.25) is 9.78 Å². The molecule has 1 amide bonds. The molecular weight excluding hydrogens is 461 g/mol. The van der Waals surface area contributed by atoms with Crippen LogP contribution in [0.25, 0.3) is 22.0 Å². The van der Waals surface area contributed by atoms with Crippen molar-refractivity contribution in [2.45, 2.75) is 26.5 Å². The summed E-state index contributed by atoms with van der Waals surface area (Å²) >= 11 is 7.80. The van der Waals surface area contributed by atoms with Gasteiger partial charge in [-0.25, -0.2) is 9.37 Å². The first-order chi connectivity index (χ1) is 15.9. The molecule has 1 aliphatic rings. The van der Waals surface area contributed by atoms with Gasteiger partial charge in [-0.1, -0.05) is 23.7 Å². The van der Waals surface area contributed by atoms with Crippen molar-refractivity contribution in [1.82, 2.24) is 9.97 Å². The first-order valence-electron chi connectivity index (χ1n) is 10.4. The lowest BCUT2D eigenvalue weighted by Gasteiger charge is -2.33. The zero-order valence-corrected chi connectivity index (χ0v) is 19.5. The average Bonchev–Trinajstić information content (AvgIpc) is 3.20. The molecule has 1 atom stereocenters. The molecule has 1 aliphatic heterocycles. The number of ether oxygens (including phenoxy) is 1. The molecule has 33 heavy (non-hydrogen) atoms. The van der Waals surface area contributed by atoms with Crippen molar-refractivity contribution in [2.75, 3.05) is 4.90 Å². The molecule has 0 radical (unpaired) electrons. The lowest BCUT2D eigenvalue weighted by atomic mass is 10.1. The molecule has 4 aromatic rings. The number of fused-ring (bicyclic) bond motifs is 1. The molecule has 0 N–H and O–H groups in total. The second-order valence-electron chi connectivity index (χ2n) is 7.71. The highest BCUT2D eigenvalue weighted by Crippen LogP contribution is 2.41. The van der Waals surface area contributed by atoms with Gasteiger partial charge in [0.1, 0.15) is 16.6 Å². The fourth-order valence-corrected chi connectivity index (χ4v) is 4.96. The number of thiazole rings is 1. The van der Waals surface area contributed by atoms with Gasteiger partial charge in [-0.2, -0.15) is 0 Å². The largest absolute Gasteiger partial charge is 0.479 e. The second kappa shape index (κ2) is 8.57. The summed E-state index contributed by atoms with van der Waals surface area (Å²) in [6.45, 7) is 3.68. The van der Waals surface area contributed by atoms with E-state index in [1.165, 1.54) is 11.0 Å². The van der Waals surface area contributed by atoms with Gasteiger partial charge in [0.25, 0.3) is 5.91 Å². The summed E-state index contributed by atoms with van der Waals surface area (Å²) in [7, 11) is 0. The molecule has 1 unspecified atom stereocenters. The van der Waals surface area contributed by atoms with Crippen LogP contribution in [0.5, 0.6) is 5.75 Å². The molecular formula is C25H19ClFN3O2S. The quantitative estimate of drug-likeness (QED) is 0.345. The van der Waals surface area contributed by atoms with E-state index in [9.17, 15) is 9.18 Å². The van der Waals surface area contributed by atoms with Crippen molar-refractivity contribution in [1.29, 1.82) is 0 Å². The summed E-state index contributed by atoms with van der Waals surface area (Å²) in [5.41, 5.74) is 3.26. The highest BCUT2D eigenvalue weighted by atomic mass is 35.5. The van der Waals surface area contributed by atoms with Crippen LogP contribution in [-0.4, -0.2) is 22.0 Å². The third kappa shape index (κ3) is 3.98. The maximum atomic E-state index is 14.5. The molecule has 166 valence electrons. The normalized spacial score (nSPS) is 15.3. The lowest BCUT2D eigenvalue weighted by Crippen LogP contribution is -2.44. The Kier molecular flexibility index (Phi) is 5.60. The smallest absolute Gasteiger partial charge is 0.268 e. The maximum absolute atomic E-state index is 14.5. The molecule has 0 spiro atoms. The van der Waals surface area contributed by atoms with Crippen molar-refractivity contribution >= 4 is 34.5 Å². The fourth-order valence-electron chi connectivity index (χ4n) is 3.82. The summed E-state index contributed by atoms with van der Waals surface area (Å²) < 4.78 is 20.3. The Labute approximate surface area is 199 Å². The number of aromatic nitrogens is 2. The number of halogens is 2. The number of anilines is 1. The molecule has 0 saturated carbocycles. The number of benzene rings is 2. The van der Waals surface area contributed by atoms with Crippen molar-refractivity contribution < 1.29 is 13.9 Å². The maximum Gasteiger partial charge on any atom is 0.268 e. The molecule has 2 aromatic heterocycles. The van der Waals surface area contributed by atoms with Crippen LogP contribution < -0.4 is 9.64 Å². The van der Waals surface area contributed by atoms with E-state index in [-0.39, 0.29) is 23.0 Å². The number of pyridine rings is 1. The predicted octanol–water partition coefficient (Wildman–Crippen LogP) is 6.29. The van der Waals surface area contributed by atoms with Crippen LogP contribution in [0.15, 0.2) is 60.8 Å². The van der Waals surface area contributed by atoms with E-state index in [0.717, 1.165) is 26.8 Å². The molecule has 3 heterocycles. The SMILES string of the molecule is Cc1sc(-c2ccccn2)nc1-c1ccc2c(c1)N(Cc1c(F)cccc1Cl)C(=O)C(C)O2. The number of amides is 1. The first-order valence-corrected chi connectivity index (χ1v) is 11.6. The Bertz CT molecular complexity index is 1340. The highest BCUT2D eigenvalue weighted by Gasteiger charge is 2.33. The number of carbonyl (C=O) groups is 1. The number of hydrogen-bond donors (Lipinski definition) is 0. The van der Waals surface area contributed by atoms with Crippen LogP contribution in [0, 0.1) is 12.7 Å². The molecule has 5 rings (SSSR count). The van der Waals surface area contributed by atoms with Crippen LogP contribution >= 0.6 is 22.9 Å². The topological polar surface area (TPSA) is 55.3 Å². The first kappa shape index (κ1) is 21.6. The number of nitrogens with zero attached hydrogens (tertiary/aromatic N) is 3. The van der Waals surface area contributed by atoms with E-state index in [0.29, 0.717) is 11.4 Å². The minimum Gasteiger partial charge on any atom is -0.479 e. The molecule has 2 aromatic carbocycles. The van der Waals surface area contributed by atoms with E-state index in [1.54, 1.807) is 36.6 Å². The molecule has 5 nitrogen and oxygen atoms in total. The van der Waals surface area contributed by atoms with Gasteiger partial charge >= 0.3 is 0 Å². The van der Waals surface area contributed by atoms with E-state index in [1.807, 2.05) is 43.3 Å². The summed E-state index contributed by atoms with van der Waals surface area (Å²) in [6, 6.07) is 15.8. The van der Waals surface area contributed by atoms with Gasteiger partial charge < -0.3 is 9.64 Å². The van der Waals surface area contributed by atoms with E-state index >= 15 is 0 Å². The molecule has 8 heteroatoms. The van der Waals surface area contributed by atoms with Gasteiger partial charge in [-0.15, -0.1) is 11.3 Å². The number of hydrogen-bond acceptors (Lipinski definition) is 5. The Hall–Kier alpha value is -3.29. The lowest BCUT2D eigenvalue weighted by molar-refractivity contribution is -0.125. The van der Waals surface area contributed by atoms with Crippen LogP contribution in [0.4, 0.5) is 10.1 Å². The van der Waals surface area contributed by atoms with E-state index < -0.39 is 11.9 Å². The molecule has 0 saturated heterocycles. The third-order valence-corrected chi connectivity index (χ3v) is 6.85. The van der Waals surface area contributed by atoms with Crippen molar-refractivity contribution in [3.63, 3.8) is 0 Å². The zero-order chi connectivity index (χ0) is 23.1. The van der Waals surface area contributed by atoms with Crippen LogP contribution in [-0.2, 0) is 11.3 Å². The monoisotopic (exact) mass is 479 g/mol. The van der Waals surface area contributed by atoms with Gasteiger partial charge in [0, 0.05) is 27.2 Å². The van der Waals surface area contributed by atoms with Crippen LogP contribution in [0.2, 0.25) is 5.02 Å². The van der Waals surface area contributed by atoms with Gasteiger partial charge in [0.05, 0.1) is 23.6 Å². The van der Waals surface area contributed by atoms with Gasteiger partial charge in [0.15, 0.2) is 6.10 Å². The number of carbonyl (C=O) groups excluding carboxylic acids is 1. The standard InChI is InChI=1S/C25H19ClFN3O2S/c1-14-25(31)30(13-17-18(26)6-5-7-19(17)27)21-12-16(9-10-22(21)32-14)23-15(2)33-24(29-23)20-8-3-4-11-28-20/h3-12,14H,13H2,1-2H3. The highest BCUT2D eigenvalue weighted by molar-refractivity contribution is 7.15. The summed E-state index contributed by atoms with van der Waals surface area (Å²) in [5, 5.41) is 1.09. The van der Waals surface area contributed by atoms with Gasteiger partial charge in [-0.05, 0) is 56.3 Å².